The maximum Gasteiger partial charge on any atom is 0.387 e. The highest BCUT2D eigenvalue weighted by Crippen LogP contribution is 2.30. The molecule has 0 heterocycles. The van der Waals surface area contributed by atoms with Crippen molar-refractivity contribution in [2.75, 3.05) is 26.1 Å². The average molecular weight is 290 g/mol. The van der Waals surface area contributed by atoms with E-state index >= 15 is 0 Å². The first-order valence-corrected chi connectivity index (χ1v) is 5.66. The first kappa shape index (κ1) is 16.1. The molecule has 0 saturated carbocycles. The molecular weight excluding hydrogens is 274 g/mol. The quantitative estimate of drug-likeness (QED) is 0.788. The molecule has 0 spiro atoms. The number of benzene rings is 1. The van der Waals surface area contributed by atoms with Gasteiger partial charge < -0.3 is 25.3 Å². The van der Waals surface area contributed by atoms with Gasteiger partial charge in [0.15, 0.2) is 0 Å². The minimum atomic E-state index is -3.01. The summed E-state index contributed by atoms with van der Waals surface area (Å²) in [4.78, 5) is 11.7. The Hall–Kier alpha value is -1.93. The molecule has 1 amide bonds. The second kappa shape index (κ2) is 7.61. The number of hydrogen-bond donors (Lipinski definition) is 2. The van der Waals surface area contributed by atoms with E-state index in [0.717, 1.165) is 0 Å². The Balaban J connectivity index is 2.92. The molecule has 0 aliphatic heterocycles. The third-order valence-electron chi connectivity index (χ3n) is 2.34. The van der Waals surface area contributed by atoms with Crippen LogP contribution in [0.2, 0.25) is 0 Å². The fourth-order valence-electron chi connectivity index (χ4n) is 1.41. The van der Waals surface area contributed by atoms with Crippen LogP contribution in [0, 0.1) is 0 Å². The van der Waals surface area contributed by atoms with E-state index in [-0.39, 0.29) is 18.0 Å². The zero-order chi connectivity index (χ0) is 15.1. The molecule has 3 N–H and O–H groups in total. The van der Waals surface area contributed by atoms with E-state index in [4.69, 9.17) is 15.2 Å². The number of nitrogens with two attached hydrogens (primary N) is 1. The second-order valence-corrected chi connectivity index (χ2v) is 3.79. The lowest BCUT2D eigenvalue weighted by Gasteiger charge is -2.15. The Morgan fingerprint density at radius 3 is 2.65 bits per heavy atom. The summed E-state index contributed by atoms with van der Waals surface area (Å²) < 4.78 is 38.6. The van der Waals surface area contributed by atoms with Crippen LogP contribution in [0.1, 0.15) is 0 Å². The number of hydrogen-bond acceptors (Lipinski definition) is 5. The van der Waals surface area contributed by atoms with Crippen molar-refractivity contribution >= 4 is 11.6 Å². The third-order valence-corrected chi connectivity index (χ3v) is 2.34. The summed E-state index contributed by atoms with van der Waals surface area (Å²) in [6, 6.07) is 3.13. The van der Waals surface area contributed by atoms with Crippen molar-refractivity contribution < 1.29 is 27.8 Å². The molecule has 0 aromatic heterocycles. The van der Waals surface area contributed by atoms with Crippen LogP contribution in [0.4, 0.5) is 14.5 Å². The van der Waals surface area contributed by atoms with Crippen LogP contribution < -0.4 is 20.5 Å². The van der Waals surface area contributed by atoms with Gasteiger partial charge in [0.25, 0.3) is 0 Å². The number of alkyl halides is 2. The molecule has 1 atom stereocenters. The van der Waals surface area contributed by atoms with Gasteiger partial charge in [0.1, 0.15) is 17.5 Å². The molecule has 0 fully saturated rings. The minimum absolute atomic E-state index is 0.000833. The molecule has 0 aliphatic rings. The van der Waals surface area contributed by atoms with Crippen LogP contribution in [0.3, 0.4) is 0 Å². The summed E-state index contributed by atoms with van der Waals surface area (Å²) in [7, 11) is 2.80. The summed E-state index contributed by atoms with van der Waals surface area (Å²) in [6.45, 7) is -3.01. The highest BCUT2D eigenvalue weighted by molar-refractivity contribution is 5.96. The van der Waals surface area contributed by atoms with Crippen molar-refractivity contribution in [1.29, 1.82) is 0 Å². The number of nitrogens with one attached hydrogen (secondary N) is 1. The number of amides is 1. The molecule has 1 rings (SSSR count). The molecule has 0 aliphatic carbocycles. The fourth-order valence-corrected chi connectivity index (χ4v) is 1.41. The maximum absolute atomic E-state index is 12.3. The maximum atomic E-state index is 12.3. The predicted molar refractivity (Wildman–Crippen MR) is 68.1 cm³/mol. The van der Waals surface area contributed by atoms with E-state index in [1.807, 2.05) is 0 Å². The first-order chi connectivity index (χ1) is 9.47. The van der Waals surface area contributed by atoms with Crippen molar-refractivity contribution in [3.63, 3.8) is 0 Å². The van der Waals surface area contributed by atoms with Crippen molar-refractivity contribution in [2.24, 2.45) is 5.73 Å². The molecule has 1 unspecified atom stereocenters. The van der Waals surface area contributed by atoms with Gasteiger partial charge in [0.05, 0.1) is 19.4 Å². The lowest BCUT2D eigenvalue weighted by Crippen LogP contribution is -2.39. The molecule has 0 saturated heterocycles. The van der Waals surface area contributed by atoms with E-state index in [1.54, 1.807) is 0 Å². The molecule has 6 nitrogen and oxygen atoms in total. The number of carbonyl (C=O) groups is 1. The van der Waals surface area contributed by atoms with Gasteiger partial charge in [-0.15, -0.1) is 0 Å². The number of methoxy groups -OCH3 is 2. The number of rotatable bonds is 7. The lowest BCUT2D eigenvalue weighted by atomic mass is 10.2. The van der Waals surface area contributed by atoms with Crippen LogP contribution in [0.15, 0.2) is 18.2 Å². The van der Waals surface area contributed by atoms with Gasteiger partial charge in [0, 0.05) is 13.2 Å². The lowest BCUT2D eigenvalue weighted by molar-refractivity contribution is -0.118. The van der Waals surface area contributed by atoms with E-state index in [9.17, 15) is 13.6 Å². The molecule has 0 radical (unpaired) electrons. The van der Waals surface area contributed by atoms with Crippen molar-refractivity contribution in [2.45, 2.75) is 12.7 Å². The molecule has 8 heteroatoms. The van der Waals surface area contributed by atoms with Crippen molar-refractivity contribution in [3.05, 3.63) is 18.2 Å². The largest absolute Gasteiger partial charge is 0.497 e. The smallest absolute Gasteiger partial charge is 0.387 e. The molecule has 1 aromatic rings. The Morgan fingerprint density at radius 2 is 2.10 bits per heavy atom. The van der Waals surface area contributed by atoms with Gasteiger partial charge in [-0.05, 0) is 12.1 Å². The molecule has 20 heavy (non-hydrogen) atoms. The zero-order valence-electron chi connectivity index (χ0n) is 11.1. The van der Waals surface area contributed by atoms with Gasteiger partial charge in [-0.1, -0.05) is 0 Å². The Labute approximate surface area is 114 Å². The summed E-state index contributed by atoms with van der Waals surface area (Å²) >= 11 is 0. The van der Waals surface area contributed by atoms with Crippen LogP contribution in [0.25, 0.3) is 0 Å². The highest BCUT2D eigenvalue weighted by atomic mass is 19.3. The first-order valence-electron chi connectivity index (χ1n) is 5.66. The monoisotopic (exact) mass is 290 g/mol. The fraction of sp³-hybridized carbons (Fsp3) is 0.417. The summed E-state index contributed by atoms with van der Waals surface area (Å²) in [5.41, 5.74) is 5.58. The molecule has 1 aromatic carbocycles. The number of anilines is 1. The SMILES string of the molecule is COCC(N)C(=O)Nc1cc(OC)ccc1OC(F)F. The topological polar surface area (TPSA) is 82.8 Å². The van der Waals surface area contributed by atoms with Crippen LogP contribution >= 0.6 is 0 Å². The minimum Gasteiger partial charge on any atom is -0.497 e. The standard InChI is InChI=1S/C12H16F2N2O4/c1-18-6-8(15)11(17)16-9-5-7(19-2)3-4-10(9)20-12(13)14/h3-5,8,12H,6,15H2,1-2H3,(H,16,17). The van der Waals surface area contributed by atoms with Crippen LogP contribution in [0.5, 0.6) is 11.5 Å². The second-order valence-electron chi connectivity index (χ2n) is 3.79. The van der Waals surface area contributed by atoms with E-state index in [0.29, 0.717) is 5.75 Å². The Kier molecular flexibility index (Phi) is 6.13. The summed E-state index contributed by atoms with van der Waals surface area (Å²) in [5, 5.41) is 2.39. The van der Waals surface area contributed by atoms with E-state index in [1.165, 1.54) is 32.4 Å². The Bertz CT molecular complexity index is 457. The molecule has 0 bridgehead atoms. The predicted octanol–water partition coefficient (Wildman–Crippen LogP) is 1.21. The van der Waals surface area contributed by atoms with E-state index in [2.05, 4.69) is 10.1 Å². The van der Waals surface area contributed by atoms with Gasteiger partial charge in [-0.3, -0.25) is 4.79 Å². The van der Waals surface area contributed by atoms with Gasteiger partial charge in [-0.25, -0.2) is 0 Å². The third kappa shape index (κ3) is 4.63. The molecular formula is C12H16F2N2O4. The number of carbonyl (C=O) groups excluding carboxylic acids is 1. The average Bonchev–Trinajstić information content (AvgIpc) is 2.40. The van der Waals surface area contributed by atoms with Crippen molar-refractivity contribution in [1.82, 2.24) is 0 Å². The van der Waals surface area contributed by atoms with Crippen molar-refractivity contribution in [3.8, 4) is 11.5 Å². The Morgan fingerprint density at radius 1 is 1.40 bits per heavy atom. The summed E-state index contributed by atoms with van der Waals surface area (Å²) in [5.74, 6) is -0.389. The van der Waals surface area contributed by atoms with Gasteiger partial charge >= 0.3 is 6.61 Å². The van der Waals surface area contributed by atoms with Gasteiger partial charge in [-0.2, -0.15) is 8.78 Å². The highest BCUT2D eigenvalue weighted by Gasteiger charge is 2.17. The van der Waals surface area contributed by atoms with Crippen LogP contribution in [-0.2, 0) is 9.53 Å². The zero-order valence-corrected chi connectivity index (χ0v) is 11.1. The summed E-state index contributed by atoms with van der Waals surface area (Å²) in [6.07, 6.45) is 0. The van der Waals surface area contributed by atoms with Crippen LogP contribution in [-0.4, -0.2) is 39.4 Å². The molecule has 112 valence electrons. The van der Waals surface area contributed by atoms with E-state index < -0.39 is 18.6 Å². The van der Waals surface area contributed by atoms with Gasteiger partial charge in [0.2, 0.25) is 5.91 Å². The number of halogens is 2. The number of ether oxygens (including phenoxy) is 3. The normalized spacial score (nSPS) is 12.1.